The van der Waals surface area contributed by atoms with E-state index in [1.54, 1.807) is 0 Å². The molecule has 1 aromatic carbocycles. The number of ether oxygens (including phenoxy) is 1. The highest BCUT2D eigenvalue weighted by molar-refractivity contribution is 5.35. The summed E-state index contributed by atoms with van der Waals surface area (Å²) in [5.74, 6) is 2.31. The highest BCUT2D eigenvalue weighted by Crippen LogP contribution is 2.20. The maximum atomic E-state index is 5.84. The van der Waals surface area contributed by atoms with E-state index in [0.717, 1.165) is 12.4 Å². The molecule has 0 saturated heterocycles. The zero-order valence-corrected chi connectivity index (χ0v) is 10.5. The van der Waals surface area contributed by atoms with E-state index in [9.17, 15) is 0 Å². The first-order chi connectivity index (χ1) is 7.00. The van der Waals surface area contributed by atoms with Crippen LogP contribution < -0.4 is 4.74 Å². The molecule has 1 aromatic rings. The van der Waals surface area contributed by atoms with Gasteiger partial charge in [-0.3, -0.25) is 0 Å². The average molecular weight is 206 g/mol. The summed E-state index contributed by atoms with van der Waals surface area (Å²) in [4.78, 5) is 0. The summed E-state index contributed by atoms with van der Waals surface area (Å²) in [7, 11) is 0. The SMILES string of the molecule is Cc1ccc(C)c(OC[C@@H](C)C(C)C)c1. The molecule has 0 aliphatic rings. The van der Waals surface area contributed by atoms with Gasteiger partial charge in [-0.05, 0) is 42.9 Å². The van der Waals surface area contributed by atoms with Crippen molar-refractivity contribution < 1.29 is 4.74 Å². The summed E-state index contributed by atoms with van der Waals surface area (Å²) in [6.07, 6.45) is 0. The third-order valence-electron chi connectivity index (χ3n) is 2.98. The van der Waals surface area contributed by atoms with Gasteiger partial charge in [-0.25, -0.2) is 0 Å². The van der Waals surface area contributed by atoms with Crippen LogP contribution in [0.5, 0.6) is 5.75 Å². The summed E-state index contributed by atoms with van der Waals surface area (Å²) in [6, 6.07) is 6.35. The number of hydrogen-bond donors (Lipinski definition) is 0. The molecule has 0 radical (unpaired) electrons. The normalized spacial score (nSPS) is 12.9. The van der Waals surface area contributed by atoms with Crippen LogP contribution in [0.1, 0.15) is 31.9 Å². The molecule has 1 atom stereocenters. The maximum Gasteiger partial charge on any atom is 0.122 e. The van der Waals surface area contributed by atoms with Gasteiger partial charge in [0, 0.05) is 0 Å². The molecule has 0 unspecified atom stereocenters. The lowest BCUT2D eigenvalue weighted by Gasteiger charge is -2.17. The van der Waals surface area contributed by atoms with Crippen LogP contribution in [0.25, 0.3) is 0 Å². The third-order valence-corrected chi connectivity index (χ3v) is 2.98. The fraction of sp³-hybridized carbons (Fsp3) is 0.571. The fourth-order valence-corrected chi connectivity index (χ4v) is 1.28. The molecule has 0 saturated carbocycles. The minimum Gasteiger partial charge on any atom is -0.493 e. The van der Waals surface area contributed by atoms with Gasteiger partial charge in [0.25, 0.3) is 0 Å². The van der Waals surface area contributed by atoms with Crippen molar-refractivity contribution in [2.75, 3.05) is 6.61 Å². The molecule has 0 bridgehead atoms. The largest absolute Gasteiger partial charge is 0.493 e. The van der Waals surface area contributed by atoms with Crippen molar-refractivity contribution in [3.8, 4) is 5.75 Å². The topological polar surface area (TPSA) is 9.23 Å². The highest BCUT2D eigenvalue weighted by Gasteiger charge is 2.08. The van der Waals surface area contributed by atoms with Crippen LogP contribution in [0.2, 0.25) is 0 Å². The lowest BCUT2D eigenvalue weighted by molar-refractivity contribution is 0.222. The van der Waals surface area contributed by atoms with Gasteiger partial charge < -0.3 is 4.74 Å². The van der Waals surface area contributed by atoms with Gasteiger partial charge in [0.1, 0.15) is 5.75 Å². The number of hydrogen-bond acceptors (Lipinski definition) is 1. The standard InChI is InChI=1S/C14H22O/c1-10(2)13(5)9-15-14-8-11(3)6-7-12(14)4/h6-8,10,13H,9H2,1-5H3/t13-/m1/s1. The fourth-order valence-electron chi connectivity index (χ4n) is 1.28. The monoisotopic (exact) mass is 206 g/mol. The Morgan fingerprint density at radius 3 is 2.40 bits per heavy atom. The summed E-state index contributed by atoms with van der Waals surface area (Å²) >= 11 is 0. The van der Waals surface area contributed by atoms with Crippen LogP contribution >= 0.6 is 0 Å². The lowest BCUT2D eigenvalue weighted by Crippen LogP contribution is -2.14. The van der Waals surface area contributed by atoms with Crippen molar-refractivity contribution in [2.24, 2.45) is 11.8 Å². The Hall–Kier alpha value is -0.980. The second kappa shape index (κ2) is 5.20. The molecular weight excluding hydrogens is 184 g/mol. The first kappa shape index (κ1) is 12.1. The van der Waals surface area contributed by atoms with Gasteiger partial charge >= 0.3 is 0 Å². The Kier molecular flexibility index (Phi) is 4.19. The molecule has 0 heterocycles. The Morgan fingerprint density at radius 1 is 1.13 bits per heavy atom. The first-order valence-corrected chi connectivity index (χ1v) is 5.70. The van der Waals surface area contributed by atoms with Crippen molar-refractivity contribution in [2.45, 2.75) is 34.6 Å². The summed E-state index contributed by atoms with van der Waals surface area (Å²) in [5, 5.41) is 0. The van der Waals surface area contributed by atoms with E-state index >= 15 is 0 Å². The van der Waals surface area contributed by atoms with Gasteiger partial charge in [-0.1, -0.05) is 32.9 Å². The number of rotatable bonds is 4. The third kappa shape index (κ3) is 3.58. The second-order valence-electron chi connectivity index (χ2n) is 4.80. The molecule has 1 nitrogen and oxygen atoms in total. The molecule has 0 spiro atoms. The Labute approximate surface area is 93.5 Å². The second-order valence-corrected chi connectivity index (χ2v) is 4.80. The van der Waals surface area contributed by atoms with Gasteiger partial charge in [0.05, 0.1) is 6.61 Å². The molecule has 15 heavy (non-hydrogen) atoms. The van der Waals surface area contributed by atoms with E-state index in [-0.39, 0.29) is 0 Å². The Balaban J connectivity index is 2.61. The lowest BCUT2D eigenvalue weighted by atomic mass is 9.99. The number of benzene rings is 1. The molecule has 0 aliphatic heterocycles. The van der Waals surface area contributed by atoms with E-state index in [1.807, 2.05) is 0 Å². The average Bonchev–Trinajstić information content (AvgIpc) is 2.18. The van der Waals surface area contributed by atoms with Crippen molar-refractivity contribution in [3.63, 3.8) is 0 Å². The van der Waals surface area contributed by atoms with Gasteiger partial charge in [-0.15, -0.1) is 0 Å². The molecule has 0 N–H and O–H groups in total. The van der Waals surface area contributed by atoms with Crippen molar-refractivity contribution in [3.05, 3.63) is 29.3 Å². The minimum atomic E-state index is 0.602. The highest BCUT2D eigenvalue weighted by atomic mass is 16.5. The molecular formula is C14H22O. The first-order valence-electron chi connectivity index (χ1n) is 5.70. The van der Waals surface area contributed by atoms with Gasteiger partial charge in [0.2, 0.25) is 0 Å². The molecule has 0 aromatic heterocycles. The molecule has 1 heteroatoms. The summed E-state index contributed by atoms with van der Waals surface area (Å²) in [6.45, 7) is 11.7. The van der Waals surface area contributed by atoms with Crippen LogP contribution in [0.3, 0.4) is 0 Å². The minimum absolute atomic E-state index is 0.602. The van der Waals surface area contributed by atoms with Crippen LogP contribution in [0, 0.1) is 25.7 Å². The Bertz CT molecular complexity index is 315. The smallest absolute Gasteiger partial charge is 0.122 e. The van der Waals surface area contributed by atoms with Crippen LogP contribution in [0.15, 0.2) is 18.2 Å². The predicted octanol–water partition coefficient (Wildman–Crippen LogP) is 3.97. The van der Waals surface area contributed by atoms with Gasteiger partial charge in [-0.2, -0.15) is 0 Å². The van der Waals surface area contributed by atoms with Crippen LogP contribution in [-0.4, -0.2) is 6.61 Å². The van der Waals surface area contributed by atoms with Crippen LogP contribution in [0.4, 0.5) is 0 Å². The maximum absolute atomic E-state index is 5.84. The van der Waals surface area contributed by atoms with Crippen LogP contribution in [-0.2, 0) is 0 Å². The summed E-state index contributed by atoms with van der Waals surface area (Å²) in [5.41, 5.74) is 2.48. The van der Waals surface area contributed by atoms with E-state index in [4.69, 9.17) is 4.74 Å². The van der Waals surface area contributed by atoms with Crippen molar-refractivity contribution >= 4 is 0 Å². The van der Waals surface area contributed by atoms with E-state index in [2.05, 4.69) is 52.8 Å². The molecule has 84 valence electrons. The number of aryl methyl sites for hydroxylation is 2. The van der Waals surface area contributed by atoms with E-state index in [0.29, 0.717) is 11.8 Å². The Morgan fingerprint density at radius 2 is 1.80 bits per heavy atom. The predicted molar refractivity (Wildman–Crippen MR) is 65.4 cm³/mol. The molecule has 1 rings (SSSR count). The van der Waals surface area contributed by atoms with E-state index in [1.165, 1.54) is 11.1 Å². The zero-order valence-electron chi connectivity index (χ0n) is 10.5. The van der Waals surface area contributed by atoms with E-state index < -0.39 is 0 Å². The zero-order chi connectivity index (χ0) is 11.4. The van der Waals surface area contributed by atoms with Crippen molar-refractivity contribution in [1.82, 2.24) is 0 Å². The molecule has 0 fully saturated rings. The van der Waals surface area contributed by atoms with Crippen molar-refractivity contribution in [1.29, 1.82) is 0 Å². The quantitative estimate of drug-likeness (QED) is 0.724. The molecule has 0 amide bonds. The van der Waals surface area contributed by atoms with Gasteiger partial charge in [0.15, 0.2) is 0 Å². The summed E-state index contributed by atoms with van der Waals surface area (Å²) < 4.78 is 5.84. The molecule has 0 aliphatic carbocycles.